The van der Waals surface area contributed by atoms with Crippen LogP contribution in [-0.4, -0.2) is 49.1 Å². The van der Waals surface area contributed by atoms with E-state index in [1.54, 1.807) is 22.5 Å². The van der Waals surface area contributed by atoms with Gasteiger partial charge in [-0.05, 0) is 37.3 Å². The van der Waals surface area contributed by atoms with Crippen molar-refractivity contribution in [2.24, 2.45) is 22.1 Å². The van der Waals surface area contributed by atoms with Crippen LogP contribution in [0, 0.1) is 11.8 Å². The van der Waals surface area contributed by atoms with Crippen LogP contribution < -0.4 is 0 Å². The molecule has 4 rings (SSSR count). The summed E-state index contributed by atoms with van der Waals surface area (Å²) in [5, 5.41) is 17.5. The lowest BCUT2D eigenvalue weighted by atomic mass is 9.83. The van der Waals surface area contributed by atoms with Gasteiger partial charge in [0.25, 0.3) is 0 Å². The van der Waals surface area contributed by atoms with Crippen molar-refractivity contribution < 1.29 is 18.5 Å². The summed E-state index contributed by atoms with van der Waals surface area (Å²) >= 11 is 0. The van der Waals surface area contributed by atoms with Crippen LogP contribution in [0.2, 0.25) is 0 Å². The van der Waals surface area contributed by atoms with Gasteiger partial charge in [-0.1, -0.05) is 54.5 Å². The molecule has 0 aromatic heterocycles. The number of piperidine rings is 1. The van der Waals surface area contributed by atoms with Crippen LogP contribution in [0.3, 0.4) is 0 Å². The summed E-state index contributed by atoms with van der Waals surface area (Å²) in [5.41, 5.74) is 3.52. The van der Waals surface area contributed by atoms with Gasteiger partial charge in [0.1, 0.15) is 18.0 Å². The SMILES string of the molecule is CCO/N=C1\c2ccccc2/C(=N/O)c2ccc(S(=O)(=O)N3CC(C)CC(C)C3)cc21. The van der Waals surface area contributed by atoms with Crippen LogP contribution in [0.15, 0.2) is 57.7 Å². The molecule has 1 heterocycles. The Kier molecular flexibility index (Phi) is 5.85. The van der Waals surface area contributed by atoms with Crippen LogP contribution >= 0.6 is 0 Å². The Morgan fingerprint density at radius 1 is 1.00 bits per heavy atom. The van der Waals surface area contributed by atoms with Gasteiger partial charge in [0.05, 0.1) is 4.90 Å². The Morgan fingerprint density at radius 2 is 1.61 bits per heavy atom. The Hall–Kier alpha value is -2.71. The molecule has 31 heavy (non-hydrogen) atoms. The molecule has 0 amide bonds. The topological polar surface area (TPSA) is 91.6 Å². The molecule has 2 aromatic carbocycles. The summed E-state index contributed by atoms with van der Waals surface area (Å²) in [6.07, 6.45) is 1.02. The number of sulfonamides is 1. The maximum Gasteiger partial charge on any atom is 0.243 e. The molecular formula is C23H27N3O4S. The molecule has 1 saturated heterocycles. The average Bonchev–Trinajstić information content (AvgIpc) is 2.75. The fourth-order valence-electron chi connectivity index (χ4n) is 4.56. The molecule has 0 spiro atoms. The minimum Gasteiger partial charge on any atom is -0.410 e. The van der Waals surface area contributed by atoms with Crippen molar-refractivity contribution in [2.75, 3.05) is 19.7 Å². The first kappa shape index (κ1) is 21.5. The molecule has 1 aliphatic heterocycles. The first-order chi connectivity index (χ1) is 14.9. The van der Waals surface area contributed by atoms with E-state index >= 15 is 0 Å². The molecule has 1 fully saturated rings. The van der Waals surface area contributed by atoms with Gasteiger partial charge in [0.15, 0.2) is 0 Å². The van der Waals surface area contributed by atoms with E-state index in [1.165, 1.54) is 0 Å². The van der Waals surface area contributed by atoms with E-state index in [0.717, 1.165) is 12.0 Å². The quantitative estimate of drug-likeness (QED) is 0.494. The van der Waals surface area contributed by atoms with Crippen molar-refractivity contribution in [3.8, 4) is 0 Å². The molecule has 1 N–H and O–H groups in total. The summed E-state index contributed by atoms with van der Waals surface area (Å²) in [6.45, 7) is 7.40. The fourth-order valence-corrected chi connectivity index (χ4v) is 6.27. The molecule has 0 saturated carbocycles. The molecule has 1 aliphatic carbocycles. The van der Waals surface area contributed by atoms with Crippen molar-refractivity contribution in [3.05, 3.63) is 64.7 Å². The zero-order valence-electron chi connectivity index (χ0n) is 17.9. The van der Waals surface area contributed by atoms with Crippen LogP contribution in [0.1, 0.15) is 49.4 Å². The number of hydrogen-bond donors (Lipinski definition) is 1. The maximum atomic E-state index is 13.5. The predicted octanol–water partition coefficient (Wildman–Crippen LogP) is 3.68. The first-order valence-electron chi connectivity index (χ1n) is 10.5. The molecule has 2 atom stereocenters. The van der Waals surface area contributed by atoms with E-state index < -0.39 is 10.0 Å². The second-order valence-electron chi connectivity index (χ2n) is 8.33. The maximum absolute atomic E-state index is 13.5. The largest absolute Gasteiger partial charge is 0.410 e. The lowest BCUT2D eigenvalue weighted by Crippen LogP contribution is -2.42. The third-order valence-electron chi connectivity index (χ3n) is 5.80. The van der Waals surface area contributed by atoms with Crippen molar-refractivity contribution in [3.63, 3.8) is 0 Å². The number of hydrogen-bond acceptors (Lipinski definition) is 6. The molecule has 2 aromatic rings. The van der Waals surface area contributed by atoms with E-state index in [1.807, 2.05) is 31.2 Å². The highest BCUT2D eigenvalue weighted by molar-refractivity contribution is 7.89. The summed E-state index contributed by atoms with van der Waals surface area (Å²) in [6, 6.07) is 12.3. The molecule has 2 aliphatic rings. The Balaban J connectivity index is 1.85. The first-order valence-corrected chi connectivity index (χ1v) is 12.0. The van der Waals surface area contributed by atoms with Crippen LogP contribution in [-0.2, 0) is 14.9 Å². The van der Waals surface area contributed by atoms with E-state index in [9.17, 15) is 13.6 Å². The lowest BCUT2D eigenvalue weighted by Gasteiger charge is -2.34. The van der Waals surface area contributed by atoms with E-state index in [2.05, 4.69) is 24.2 Å². The monoisotopic (exact) mass is 441 g/mol. The smallest absolute Gasteiger partial charge is 0.243 e. The van der Waals surface area contributed by atoms with Gasteiger partial charge in [0, 0.05) is 35.3 Å². The highest BCUT2D eigenvalue weighted by Crippen LogP contribution is 2.32. The van der Waals surface area contributed by atoms with Gasteiger partial charge in [0.2, 0.25) is 10.0 Å². The lowest BCUT2D eigenvalue weighted by molar-refractivity contribution is 0.159. The molecule has 0 bridgehead atoms. The van der Waals surface area contributed by atoms with Crippen LogP contribution in [0.25, 0.3) is 0 Å². The van der Waals surface area contributed by atoms with Gasteiger partial charge in [-0.15, -0.1) is 0 Å². The van der Waals surface area contributed by atoms with E-state index in [-0.39, 0.29) is 4.90 Å². The number of rotatable bonds is 4. The molecule has 0 radical (unpaired) electrons. The molecule has 8 heteroatoms. The van der Waals surface area contributed by atoms with Crippen LogP contribution in [0.5, 0.6) is 0 Å². The summed E-state index contributed by atoms with van der Waals surface area (Å²) < 4.78 is 28.5. The normalized spacial score (nSPS) is 24.1. The second kappa shape index (κ2) is 8.43. The predicted molar refractivity (Wildman–Crippen MR) is 119 cm³/mol. The zero-order chi connectivity index (χ0) is 22.2. The summed E-state index contributed by atoms with van der Waals surface area (Å²) in [7, 11) is -3.67. The van der Waals surface area contributed by atoms with Crippen molar-refractivity contribution in [2.45, 2.75) is 32.1 Å². The molecule has 7 nitrogen and oxygen atoms in total. The molecular weight excluding hydrogens is 414 g/mol. The van der Waals surface area contributed by atoms with Gasteiger partial charge in [-0.3, -0.25) is 0 Å². The Labute approximate surface area is 183 Å². The van der Waals surface area contributed by atoms with Crippen LogP contribution in [0.4, 0.5) is 0 Å². The highest BCUT2D eigenvalue weighted by atomic mass is 32.2. The molecule has 164 valence electrons. The van der Waals surface area contributed by atoms with E-state index in [4.69, 9.17) is 4.84 Å². The van der Waals surface area contributed by atoms with Crippen molar-refractivity contribution in [1.29, 1.82) is 0 Å². The minimum absolute atomic E-state index is 0.202. The van der Waals surface area contributed by atoms with Gasteiger partial charge >= 0.3 is 0 Å². The van der Waals surface area contributed by atoms with Gasteiger partial charge in [-0.2, -0.15) is 4.31 Å². The van der Waals surface area contributed by atoms with Crippen molar-refractivity contribution >= 4 is 21.4 Å². The fraction of sp³-hybridized carbons (Fsp3) is 0.391. The van der Waals surface area contributed by atoms with Crippen molar-refractivity contribution in [1.82, 2.24) is 4.31 Å². The average molecular weight is 442 g/mol. The molecule has 2 unspecified atom stereocenters. The second-order valence-corrected chi connectivity index (χ2v) is 10.3. The minimum atomic E-state index is -3.67. The third-order valence-corrected chi connectivity index (χ3v) is 7.62. The number of nitrogens with zero attached hydrogens (tertiary/aromatic N) is 3. The number of benzene rings is 2. The van der Waals surface area contributed by atoms with E-state index in [0.29, 0.717) is 59.6 Å². The zero-order valence-corrected chi connectivity index (χ0v) is 18.8. The Bertz CT molecular complexity index is 1150. The third kappa shape index (κ3) is 3.85. The highest BCUT2D eigenvalue weighted by Gasteiger charge is 2.34. The standard InChI is InChI=1S/C23H27N3O4S/c1-4-30-25-23-19-8-6-5-7-18(19)22(24-27)20-10-9-17(12-21(20)23)31(28,29)26-13-15(2)11-16(3)14-26/h5-10,12,15-16,27H,4,11,13-14H2,1-3H3/b24-22-,25-23+. The number of fused-ring (bicyclic) bond motifs is 2. The Morgan fingerprint density at radius 3 is 2.23 bits per heavy atom. The summed E-state index contributed by atoms with van der Waals surface area (Å²) in [5.74, 6) is 0.623. The number of oxime groups is 2. The van der Waals surface area contributed by atoms with Gasteiger partial charge < -0.3 is 10.0 Å². The summed E-state index contributed by atoms with van der Waals surface area (Å²) in [4.78, 5) is 5.55. The van der Waals surface area contributed by atoms with Gasteiger partial charge in [-0.25, -0.2) is 8.42 Å².